The summed E-state index contributed by atoms with van der Waals surface area (Å²) < 4.78 is 16.4. The molecule has 1 aliphatic heterocycles. The van der Waals surface area contributed by atoms with Crippen LogP contribution in [0.2, 0.25) is 0 Å². The van der Waals surface area contributed by atoms with Gasteiger partial charge in [0, 0.05) is 22.8 Å². The number of methoxy groups -OCH3 is 1. The van der Waals surface area contributed by atoms with E-state index in [-0.39, 0.29) is 5.97 Å². The molecule has 0 amide bonds. The van der Waals surface area contributed by atoms with Crippen molar-refractivity contribution in [3.05, 3.63) is 78.4 Å². The first-order valence-corrected chi connectivity index (χ1v) is 11.6. The predicted molar refractivity (Wildman–Crippen MR) is 127 cm³/mol. The number of esters is 1. The zero-order valence-corrected chi connectivity index (χ0v) is 19.1. The normalized spacial score (nSPS) is 13.1. The number of carbonyl (C=O) groups is 1. The number of nitrogens with zero attached hydrogens (tertiary/aromatic N) is 1. The zero-order chi connectivity index (χ0) is 22.3. The van der Waals surface area contributed by atoms with Crippen molar-refractivity contribution in [1.29, 1.82) is 0 Å². The second-order valence-corrected chi connectivity index (χ2v) is 8.44. The van der Waals surface area contributed by atoms with Crippen LogP contribution in [0, 0.1) is 0 Å². The predicted octanol–water partition coefficient (Wildman–Crippen LogP) is 5.49. The summed E-state index contributed by atoms with van der Waals surface area (Å²) in [5.74, 6) is 0.445. The number of hydrogen-bond acceptors (Lipinski definition) is 6. The third-order valence-electron chi connectivity index (χ3n) is 5.29. The Morgan fingerprint density at radius 3 is 2.16 bits per heavy atom. The monoisotopic (exact) mass is 449 g/mol. The highest BCUT2D eigenvalue weighted by molar-refractivity contribution is 7.99. The summed E-state index contributed by atoms with van der Waals surface area (Å²) >= 11 is 1.80. The molecule has 3 aromatic carbocycles. The Kier molecular flexibility index (Phi) is 7.35. The lowest BCUT2D eigenvalue weighted by atomic mass is 10.1. The van der Waals surface area contributed by atoms with E-state index < -0.39 is 6.10 Å². The average Bonchev–Trinajstić information content (AvgIpc) is 2.83. The summed E-state index contributed by atoms with van der Waals surface area (Å²) in [6, 6.07) is 24.7. The molecule has 1 heterocycles. The Labute approximate surface area is 193 Å². The molecule has 6 heteroatoms. The van der Waals surface area contributed by atoms with Crippen molar-refractivity contribution in [1.82, 2.24) is 0 Å². The van der Waals surface area contributed by atoms with Gasteiger partial charge < -0.3 is 19.1 Å². The molecule has 0 spiro atoms. The molecule has 0 radical (unpaired) electrons. The number of rotatable bonds is 9. The molecule has 0 N–H and O–H groups in total. The molecule has 1 unspecified atom stereocenters. The molecule has 0 saturated heterocycles. The highest BCUT2D eigenvalue weighted by Crippen LogP contribution is 2.47. The molecular formula is C26H27NO4S. The second kappa shape index (κ2) is 10.6. The van der Waals surface area contributed by atoms with Crippen LogP contribution in [-0.4, -0.2) is 38.9 Å². The molecule has 166 valence electrons. The smallest absolute Gasteiger partial charge is 0.335 e. The van der Waals surface area contributed by atoms with Gasteiger partial charge in [0.2, 0.25) is 0 Å². The summed E-state index contributed by atoms with van der Waals surface area (Å²) in [4.78, 5) is 16.7. The quantitative estimate of drug-likeness (QED) is 0.403. The molecule has 0 saturated carbocycles. The molecule has 1 aliphatic rings. The lowest BCUT2D eigenvalue weighted by Gasteiger charge is -2.32. The van der Waals surface area contributed by atoms with E-state index in [4.69, 9.17) is 14.2 Å². The number of carbonyl (C=O) groups excluding carboxylic acids is 1. The number of fused-ring (bicyclic) bond motifs is 2. The third kappa shape index (κ3) is 5.09. The molecule has 3 aromatic rings. The van der Waals surface area contributed by atoms with Gasteiger partial charge >= 0.3 is 5.97 Å². The van der Waals surface area contributed by atoms with Crippen molar-refractivity contribution in [2.45, 2.75) is 29.2 Å². The van der Waals surface area contributed by atoms with Crippen molar-refractivity contribution < 1.29 is 19.0 Å². The van der Waals surface area contributed by atoms with Gasteiger partial charge in [-0.3, -0.25) is 0 Å². The SMILES string of the molecule is CCOC(Cc1ccc(OCCN2c3ccccc3Sc3ccccc32)cc1)C(=O)OC. The fourth-order valence-electron chi connectivity index (χ4n) is 3.76. The number of hydrogen-bond donors (Lipinski definition) is 0. The Bertz CT molecular complexity index is 1010. The molecule has 0 bridgehead atoms. The number of ether oxygens (including phenoxy) is 3. The molecule has 32 heavy (non-hydrogen) atoms. The fraction of sp³-hybridized carbons (Fsp3) is 0.269. The molecular weight excluding hydrogens is 422 g/mol. The first-order chi connectivity index (χ1) is 15.7. The van der Waals surface area contributed by atoms with Crippen LogP contribution in [0.25, 0.3) is 0 Å². The van der Waals surface area contributed by atoms with Crippen LogP contribution >= 0.6 is 11.8 Å². The maximum absolute atomic E-state index is 11.9. The fourth-order valence-corrected chi connectivity index (χ4v) is 4.85. The number of benzene rings is 3. The van der Waals surface area contributed by atoms with Gasteiger partial charge in [0.25, 0.3) is 0 Å². The van der Waals surface area contributed by atoms with Gasteiger partial charge in [-0.25, -0.2) is 4.79 Å². The van der Waals surface area contributed by atoms with Crippen LogP contribution in [-0.2, 0) is 20.7 Å². The minimum atomic E-state index is -0.589. The van der Waals surface area contributed by atoms with Crippen molar-refractivity contribution in [3.63, 3.8) is 0 Å². The van der Waals surface area contributed by atoms with E-state index in [9.17, 15) is 4.79 Å². The highest BCUT2D eigenvalue weighted by atomic mass is 32.2. The van der Waals surface area contributed by atoms with Crippen LogP contribution in [0.3, 0.4) is 0 Å². The first kappa shape index (κ1) is 22.2. The molecule has 0 aromatic heterocycles. The maximum atomic E-state index is 11.9. The Hall–Kier alpha value is -2.96. The van der Waals surface area contributed by atoms with Gasteiger partial charge in [0.15, 0.2) is 6.10 Å². The van der Waals surface area contributed by atoms with Gasteiger partial charge in [-0.2, -0.15) is 0 Å². The summed E-state index contributed by atoms with van der Waals surface area (Å²) in [5, 5.41) is 0. The van der Waals surface area contributed by atoms with Gasteiger partial charge in [-0.1, -0.05) is 48.2 Å². The first-order valence-electron chi connectivity index (χ1n) is 10.7. The van der Waals surface area contributed by atoms with E-state index in [2.05, 4.69) is 53.4 Å². The zero-order valence-electron chi connectivity index (χ0n) is 18.3. The second-order valence-electron chi connectivity index (χ2n) is 7.35. The lowest BCUT2D eigenvalue weighted by molar-refractivity contribution is -0.153. The molecule has 5 nitrogen and oxygen atoms in total. The van der Waals surface area contributed by atoms with E-state index in [1.54, 1.807) is 11.8 Å². The largest absolute Gasteiger partial charge is 0.492 e. The summed E-state index contributed by atoms with van der Waals surface area (Å²) in [5.41, 5.74) is 3.41. The van der Waals surface area contributed by atoms with E-state index in [0.717, 1.165) is 17.9 Å². The van der Waals surface area contributed by atoms with Gasteiger partial charge in [0.1, 0.15) is 12.4 Å². The minimum Gasteiger partial charge on any atom is -0.492 e. The number of anilines is 2. The lowest BCUT2D eigenvalue weighted by Crippen LogP contribution is -2.28. The van der Waals surface area contributed by atoms with E-state index in [1.165, 1.54) is 28.3 Å². The van der Waals surface area contributed by atoms with Gasteiger partial charge in [-0.15, -0.1) is 0 Å². The maximum Gasteiger partial charge on any atom is 0.335 e. The highest BCUT2D eigenvalue weighted by Gasteiger charge is 2.23. The molecule has 1 atom stereocenters. The minimum absolute atomic E-state index is 0.354. The van der Waals surface area contributed by atoms with Gasteiger partial charge in [-0.05, 0) is 48.9 Å². The van der Waals surface area contributed by atoms with Crippen LogP contribution in [0.4, 0.5) is 11.4 Å². The Balaban J connectivity index is 1.39. The van der Waals surface area contributed by atoms with Crippen molar-refractivity contribution in [2.75, 3.05) is 31.8 Å². The summed E-state index contributed by atoms with van der Waals surface area (Å²) in [6.07, 6.45) is -0.117. The van der Waals surface area contributed by atoms with Crippen LogP contribution < -0.4 is 9.64 Å². The van der Waals surface area contributed by atoms with Crippen molar-refractivity contribution in [2.24, 2.45) is 0 Å². The van der Waals surface area contributed by atoms with Gasteiger partial charge in [0.05, 0.1) is 25.0 Å². The summed E-state index contributed by atoms with van der Waals surface area (Å²) in [7, 11) is 1.38. The van der Waals surface area contributed by atoms with E-state index >= 15 is 0 Å². The average molecular weight is 450 g/mol. The van der Waals surface area contributed by atoms with E-state index in [1.807, 2.05) is 31.2 Å². The van der Waals surface area contributed by atoms with Crippen LogP contribution in [0.1, 0.15) is 12.5 Å². The summed E-state index contributed by atoms with van der Waals surface area (Å²) in [6.45, 7) is 3.62. The Morgan fingerprint density at radius 2 is 1.56 bits per heavy atom. The third-order valence-corrected chi connectivity index (χ3v) is 6.42. The molecule has 0 fully saturated rings. The van der Waals surface area contributed by atoms with Crippen LogP contribution in [0.5, 0.6) is 5.75 Å². The van der Waals surface area contributed by atoms with Crippen LogP contribution in [0.15, 0.2) is 82.6 Å². The topological polar surface area (TPSA) is 48.0 Å². The molecule has 4 rings (SSSR count). The van der Waals surface area contributed by atoms with Crippen molar-refractivity contribution >= 4 is 29.1 Å². The molecule has 0 aliphatic carbocycles. The Morgan fingerprint density at radius 1 is 0.938 bits per heavy atom. The van der Waals surface area contributed by atoms with Crippen molar-refractivity contribution in [3.8, 4) is 5.75 Å². The van der Waals surface area contributed by atoms with E-state index in [0.29, 0.717) is 19.6 Å². The number of para-hydroxylation sites is 2. The standard InChI is InChI=1S/C26H27NO4S/c1-3-30-23(26(28)29-2)18-19-12-14-20(15-13-19)31-17-16-27-21-8-4-6-10-24(21)32-25-11-7-5-9-22(25)27/h4-15,23H,3,16-18H2,1-2H3.